The third kappa shape index (κ3) is 2.68. The molecule has 0 aromatic heterocycles. The van der Waals surface area contributed by atoms with Crippen molar-refractivity contribution in [3.8, 4) is 28.4 Å². The predicted octanol–water partition coefficient (Wildman–Crippen LogP) is 4.16. The topological polar surface area (TPSA) is 60.7 Å². The summed E-state index contributed by atoms with van der Waals surface area (Å²) < 4.78 is 0. The fraction of sp³-hybridized carbons (Fsp3) is 0.333. The van der Waals surface area contributed by atoms with Crippen LogP contribution in [0.25, 0.3) is 11.1 Å². The van der Waals surface area contributed by atoms with E-state index in [2.05, 4.69) is 13.0 Å². The first-order valence-electron chi connectivity index (χ1n) is 7.42. The molecule has 0 aliphatic rings. The Hall–Kier alpha value is -2.16. The third-order valence-electron chi connectivity index (χ3n) is 3.95. The van der Waals surface area contributed by atoms with Gasteiger partial charge in [0.1, 0.15) is 17.2 Å². The van der Waals surface area contributed by atoms with E-state index in [9.17, 15) is 15.3 Å². The summed E-state index contributed by atoms with van der Waals surface area (Å²) in [7, 11) is 0. The first kappa shape index (κ1) is 15.2. The lowest BCUT2D eigenvalue weighted by Gasteiger charge is -2.18. The van der Waals surface area contributed by atoms with Crippen molar-refractivity contribution in [2.75, 3.05) is 0 Å². The Morgan fingerprint density at radius 1 is 0.810 bits per heavy atom. The lowest BCUT2D eigenvalue weighted by atomic mass is 9.89. The summed E-state index contributed by atoms with van der Waals surface area (Å²) in [4.78, 5) is 0. The molecule has 0 saturated heterocycles. The van der Waals surface area contributed by atoms with E-state index < -0.39 is 0 Å². The normalized spacial score (nSPS) is 10.8. The number of rotatable bonds is 4. The Labute approximate surface area is 125 Å². The van der Waals surface area contributed by atoms with E-state index in [0.717, 1.165) is 36.0 Å². The molecule has 3 N–H and O–H groups in total. The van der Waals surface area contributed by atoms with E-state index in [4.69, 9.17) is 0 Å². The van der Waals surface area contributed by atoms with Crippen molar-refractivity contribution in [1.82, 2.24) is 0 Å². The summed E-state index contributed by atoms with van der Waals surface area (Å²) in [5.74, 6) is 0.232. The minimum absolute atomic E-state index is 0.00896. The summed E-state index contributed by atoms with van der Waals surface area (Å²) in [6, 6.07) is 6.57. The molecule has 0 bridgehead atoms. The standard InChI is InChI=1S/C18H22O3/c1-4-11-9-12(5-2)17(18(21)14(11)6-3)15-8-7-13(19)10-16(15)20/h7-10,19-21H,4-6H2,1-3H3. The van der Waals surface area contributed by atoms with Gasteiger partial charge >= 0.3 is 0 Å². The van der Waals surface area contributed by atoms with Crippen LogP contribution in [0.3, 0.4) is 0 Å². The molecule has 3 heteroatoms. The highest BCUT2D eigenvalue weighted by Gasteiger charge is 2.19. The number of aryl methyl sites for hydroxylation is 2. The average Bonchev–Trinajstić information content (AvgIpc) is 2.47. The van der Waals surface area contributed by atoms with E-state index in [1.807, 2.05) is 13.8 Å². The monoisotopic (exact) mass is 286 g/mol. The maximum atomic E-state index is 10.7. The molecule has 0 saturated carbocycles. The first-order chi connectivity index (χ1) is 10.0. The van der Waals surface area contributed by atoms with Crippen LogP contribution >= 0.6 is 0 Å². The summed E-state index contributed by atoms with van der Waals surface area (Å²) in [6.07, 6.45) is 2.37. The minimum atomic E-state index is -0.0219. The molecular weight excluding hydrogens is 264 g/mol. The molecule has 21 heavy (non-hydrogen) atoms. The zero-order valence-corrected chi connectivity index (χ0v) is 12.8. The Morgan fingerprint density at radius 2 is 1.48 bits per heavy atom. The van der Waals surface area contributed by atoms with Crippen LogP contribution in [0.2, 0.25) is 0 Å². The second-order valence-electron chi connectivity index (χ2n) is 5.16. The summed E-state index contributed by atoms with van der Waals surface area (Å²) in [6.45, 7) is 6.12. The Balaban J connectivity index is 2.78. The maximum absolute atomic E-state index is 10.7. The summed E-state index contributed by atoms with van der Waals surface area (Å²) in [5, 5.41) is 30.2. The van der Waals surface area contributed by atoms with Gasteiger partial charge in [-0.3, -0.25) is 0 Å². The van der Waals surface area contributed by atoms with E-state index >= 15 is 0 Å². The molecule has 3 nitrogen and oxygen atoms in total. The van der Waals surface area contributed by atoms with Crippen LogP contribution in [-0.2, 0) is 19.3 Å². The van der Waals surface area contributed by atoms with Crippen LogP contribution < -0.4 is 0 Å². The molecule has 0 fully saturated rings. The van der Waals surface area contributed by atoms with E-state index in [1.54, 1.807) is 6.07 Å². The first-order valence-corrected chi connectivity index (χ1v) is 7.42. The van der Waals surface area contributed by atoms with Gasteiger partial charge < -0.3 is 15.3 Å². The molecular formula is C18H22O3. The fourth-order valence-corrected chi connectivity index (χ4v) is 2.85. The van der Waals surface area contributed by atoms with Crippen molar-refractivity contribution < 1.29 is 15.3 Å². The predicted molar refractivity (Wildman–Crippen MR) is 85.0 cm³/mol. The molecule has 2 aromatic carbocycles. The Bertz CT molecular complexity index is 660. The molecule has 112 valence electrons. The van der Waals surface area contributed by atoms with Crippen LogP contribution in [0.1, 0.15) is 37.5 Å². The molecule has 0 heterocycles. The van der Waals surface area contributed by atoms with Crippen molar-refractivity contribution in [1.29, 1.82) is 0 Å². The average molecular weight is 286 g/mol. The minimum Gasteiger partial charge on any atom is -0.508 e. The largest absolute Gasteiger partial charge is 0.508 e. The number of aromatic hydroxyl groups is 3. The number of phenols is 3. The molecule has 0 aliphatic heterocycles. The lowest BCUT2D eigenvalue weighted by Crippen LogP contribution is -1.99. The molecule has 2 aromatic rings. The van der Waals surface area contributed by atoms with Gasteiger partial charge in [-0.2, -0.15) is 0 Å². The van der Waals surface area contributed by atoms with Gasteiger partial charge in [0, 0.05) is 17.2 Å². The van der Waals surface area contributed by atoms with Crippen LogP contribution in [0, 0.1) is 0 Å². The van der Waals surface area contributed by atoms with Crippen molar-refractivity contribution in [3.63, 3.8) is 0 Å². The smallest absolute Gasteiger partial charge is 0.127 e. The summed E-state index contributed by atoms with van der Waals surface area (Å²) in [5.41, 5.74) is 4.30. The summed E-state index contributed by atoms with van der Waals surface area (Å²) >= 11 is 0. The van der Waals surface area contributed by atoms with Crippen molar-refractivity contribution in [2.45, 2.75) is 40.0 Å². The molecule has 0 aliphatic carbocycles. The molecule has 0 amide bonds. The van der Waals surface area contributed by atoms with Gasteiger partial charge in [0.05, 0.1) is 0 Å². The molecule has 0 atom stereocenters. The molecule has 0 unspecified atom stereocenters. The highest BCUT2D eigenvalue weighted by atomic mass is 16.3. The van der Waals surface area contributed by atoms with Crippen LogP contribution in [0.15, 0.2) is 24.3 Å². The number of hydrogen-bond acceptors (Lipinski definition) is 3. The number of phenolic OH excluding ortho intramolecular Hbond substituents is 3. The second-order valence-corrected chi connectivity index (χ2v) is 5.16. The molecule has 2 rings (SSSR count). The SMILES string of the molecule is CCc1cc(CC)c(-c2ccc(O)cc2O)c(O)c1CC. The van der Waals surface area contributed by atoms with Gasteiger partial charge in [0.2, 0.25) is 0 Å². The number of hydrogen-bond donors (Lipinski definition) is 3. The van der Waals surface area contributed by atoms with Gasteiger partial charge in [-0.05, 0) is 48.1 Å². The van der Waals surface area contributed by atoms with Crippen LogP contribution in [0.4, 0.5) is 0 Å². The van der Waals surface area contributed by atoms with Gasteiger partial charge in [0.15, 0.2) is 0 Å². The quantitative estimate of drug-likeness (QED) is 0.791. The van der Waals surface area contributed by atoms with Crippen molar-refractivity contribution >= 4 is 0 Å². The van der Waals surface area contributed by atoms with E-state index in [-0.39, 0.29) is 17.2 Å². The van der Waals surface area contributed by atoms with Crippen LogP contribution in [0.5, 0.6) is 17.2 Å². The lowest BCUT2D eigenvalue weighted by molar-refractivity contribution is 0.449. The Kier molecular flexibility index (Phi) is 4.41. The second kappa shape index (κ2) is 6.08. The van der Waals surface area contributed by atoms with E-state index in [0.29, 0.717) is 11.1 Å². The van der Waals surface area contributed by atoms with Crippen molar-refractivity contribution in [3.05, 3.63) is 41.0 Å². The number of benzene rings is 2. The van der Waals surface area contributed by atoms with Crippen LogP contribution in [-0.4, -0.2) is 15.3 Å². The van der Waals surface area contributed by atoms with Gasteiger partial charge in [0.25, 0.3) is 0 Å². The molecule has 0 radical (unpaired) electrons. The maximum Gasteiger partial charge on any atom is 0.127 e. The fourth-order valence-electron chi connectivity index (χ4n) is 2.85. The zero-order chi connectivity index (χ0) is 15.6. The Morgan fingerprint density at radius 3 is 2.00 bits per heavy atom. The highest BCUT2D eigenvalue weighted by molar-refractivity contribution is 5.80. The van der Waals surface area contributed by atoms with Gasteiger partial charge in [-0.15, -0.1) is 0 Å². The molecule has 0 spiro atoms. The zero-order valence-electron chi connectivity index (χ0n) is 12.8. The third-order valence-corrected chi connectivity index (χ3v) is 3.95. The van der Waals surface area contributed by atoms with Gasteiger partial charge in [-0.1, -0.05) is 26.8 Å². The van der Waals surface area contributed by atoms with Crippen molar-refractivity contribution in [2.24, 2.45) is 0 Å². The highest BCUT2D eigenvalue weighted by Crippen LogP contribution is 2.42. The van der Waals surface area contributed by atoms with E-state index in [1.165, 1.54) is 12.1 Å². The van der Waals surface area contributed by atoms with Gasteiger partial charge in [-0.25, -0.2) is 0 Å².